The quantitative estimate of drug-likeness (QED) is 0.784. The van der Waals surface area contributed by atoms with E-state index in [0.29, 0.717) is 13.1 Å². The van der Waals surface area contributed by atoms with Gasteiger partial charge in [-0.2, -0.15) is 0 Å². The van der Waals surface area contributed by atoms with Crippen molar-refractivity contribution >= 4 is 5.91 Å². The highest BCUT2D eigenvalue weighted by molar-refractivity contribution is 5.77. The lowest BCUT2D eigenvalue weighted by molar-refractivity contribution is -0.120. The van der Waals surface area contributed by atoms with Gasteiger partial charge in [0.1, 0.15) is 5.76 Å². The lowest BCUT2D eigenvalue weighted by atomic mass is 10.0. The summed E-state index contributed by atoms with van der Waals surface area (Å²) in [5.41, 5.74) is 1.22. The zero-order valence-corrected chi connectivity index (χ0v) is 12.3. The number of hydrogen-bond acceptors (Lipinski definition) is 3. The van der Waals surface area contributed by atoms with E-state index in [2.05, 4.69) is 29.7 Å². The number of hydrogen-bond donors (Lipinski definition) is 2. The van der Waals surface area contributed by atoms with Gasteiger partial charge in [-0.15, -0.1) is 0 Å². The molecule has 0 bridgehead atoms. The molecule has 112 valence electrons. The molecule has 1 heterocycles. The van der Waals surface area contributed by atoms with Gasteiger partial charge in [0, 0.05) is 6.04 Å². The minimum atomic E-state index is -0.0246. The number of rotatable bonds is 8. The minimum Gasteiger partial charge on any atom is -0.467 e. The molecule has 0 unspecified atom stereocenters. The molecule has 2 N–H and O–H groups in total. The number of carbonyl (C=O) groups excluding carboxylic acids is 1. The molecule has 2 aromatic rings. The summed E-state index contributed by atoms with van der Waals surface area (Å²) in [6, 6.07) is 14.1. The molecular formula is C17H22N2O2. The highest BCUT2D eigenvalue weighted by Crippen LogP contribution is 2.17. The smallest absolute Gasteiger partial charge is 0.234 e. The Morgan fingerprint density at radius 3 is 2.67 bits per heavy atom. The van der Waals surface area contributed by atoms with Gasteiger partial charge in [-0.3, -0.25) is 4.79 Å². The van der Waals surface area contributed by atoms with Crippen LogP contribution in [0.25, 0.3) is 0 Å². The van der Waals surface area contributed by atoms with Crippen molar-refractivity contribution in [3.63, 3.8) is 0 Å². The second-order valence-corrected chi connectivity index (χ2v) is 4.99. The first kappa shape index (κ1) is 15.3. The van der Waals surface area contributed by atoms with Gasteiger partial charge in [0.25, 0.3) is 0 Å². The SMILES string of the molecule is CCC[C@@H](NCC(=O)NCc1ccco1)c1ccccc1. The van der Waals surface area contributed by atoms with E-state index in [9.17, 15) is 4.79 Å². The maximum atomic E-state index is 11.9. The van der Waals surface area contributed by atoms with Crippen molar-refractivity contribution in [1.82, 2.24) is 10.6 Å². The number of nitrogens with one attached hydrogen (secondary N) is 2. The van der Waals surface area contributed by atoms with E-state index < -0.39 is 0 Å². The molecule has 2 rings (SSSR count). The Bertz CT molecular complexity index is 523. The topological polar surface area (TPSA) is 54.3 Å². The monoisotopic (exact) mass is 286 g/mol. The van der Waals surface area contributed by atoms with Crippen LogP contribution in [0.3, 0.4) is 0 Å². The third-order valence-electron chi connectivity index (χ3n) is 3.33. The summed E-state index contributed by atoms with van der Waals surface area (Å²) in [5.74, 6) is 0.736. The highest BCUT2D eigenvalue weighted by Gasteiger charge is 2.11. The minimum absolute atomic E-state index is 0.0246. The van der Waals surface area contributed by atoms with Crippen molar-refractivity contribution in [2.24, 2.45) is 0 Å². The fraction of sp³-hybridized carbons (Fsp3) is 0.353. The van der Waals surface area contributed by atoms with Crippen LogP contribution in [0, 0.1) is 0 Å². The van der Waals surface area contributed by atoms with Crippen molar-refractivity contribution < 1.29 is 9.21 Å². The molecule has 0 aliphatic carbocycles. The Morgan fingerprint density at radius 2 is 2.00 bits per heavy atom. The van der Waals surface area contributed by atoms with Gasteiger partial charge in [-0.1, -0.05) is 43.7 Å². The summed E-state index contributed by atoms with van der Waals surface area (Å²) < 4.78 is 5.18. The Hall–Kier alpha value is -2.07. The van der Waals surface area contributed by atoms with Gasteiger partial charge in [0.2, 0.25) is 5.91 Å². The molecule has 21 heavy (non-hydrogen) atoms. The normalized spacial score (nSPS) is 12.0. The predicted octanol–water partition coefficient (Wildman–Crippen LogP) is 3.03. The van der Waals surface area contributed by atoms with Gasteiger partial charge in [-0.25, -0.2) is 0 Å². The molecule has 4 heteroatoms. The van der Waals surface area contributed by atoms with Crippen molar-refractivity contribution in [2.75, 3.05) is 6.54 Å². The molecular weight excluding hydrogens is 264 g/mol. The zero-order valence-electron chi connectivity index (χ0n) is 12.3. The molecule has 1 aromatic heterocycles. The third-order valence-corrected chi connectivity index (χ3v) is 3.33. The average molecular weight is 286 g/mol. The first-order valence-electron chi connectivity index (χ1n) is 7.37. The van der Waals surface area contributed by atoms with Crippen molar-refractivity contribution in [1.29, 1.82) is 0 Å². The molecule has 0 aliphatic rings. The van der Waals surface area contributed by atoms with E-state index in [1.807, 2.05) is 30.3 Å². The second-order valence-electron chi connectivity index (χ2n) is 4.99. The molecule has 0 radical (unpaired) electrons. The van der Waals surface area contributed by atoms with Gasteiger partial charge in [-0.05, 0) is 24.1 Å². The summed E-state index contributed by atoms with van der Waals surface area (Å²) in [4.78, 5) is 11.9. The first-order valence-corrected chi connectivity index (χ1v) is 7.37. The Morgan fingerprint density at radius 1 is 1.19 bits per heavy atom. The van der Waals surface area contributed by atoms with Crippen LogP contribution in [0.1, 0.15) is 37.1 Å². The Kier molecular flexibility index (Phi) is 6.03. The molecule has 0 fully saturated rings. The number of furan rings is 1. The fourth-order valence-corrected chi connectivity index (χ4v) is 2.24. The number of benzene rings is 1. The Balaban J connectivity index is 1.80. The van der Waals surface area contributed by atoms with E-state index in [1.54, 1.807) is 6.26 Å². The lowest BCUT2D eigenvalue weighted by Gasteiger charge is -2.18. The van der Waals surface area contributed by atoms with Crippen LogP contribution in [-0.4, -0.2) is 12.5 Å². The van der Waals surface area contributed by atoms with Crippen LogP contribution >= 0.6 is 0 Å². The van der Waals surface area contributed by atoms with E-state index >= 15 is 0 Å². The van der Waals surface area contributed by atoms with Gasteiger partial charge in [0.05, 0.1) is 19.4 Å². The fourth-order valence-electron chi connectivity index (χ4n) is 2.24. The highest BCUT2D eigenvalue weighted by atomic mass is 16.3. The third kappa shape index (κ3) is 5.08. The maximum Gasteiger partial charge on any atom is 0.234 e. The van der Waals surface area contributed by atoms with Crippen molar-refractivity contribution in [3.05, 3.63) is 60.1 Å². The van der Waals surface area contributed by atoms with E-state index in [1.165, 1.54) is 5.56 Å². The van der Waals surface area contributed by atoms with Crippen LogP contribution in [0.15, 0.2) is 53.1 Å². The standard InChI is InChI=1S/C17H22N2O2/c1-2-7-16(14-8-4-3-5-9-14)18-13-17(20)19-12-15-10-6-11-21-15/h3-6,8-11,16,18H,2,7,12-13H2,1H3,(H,19,20)/t16-/m1/s1. The van der Waals surface area contributed by atoms with Crippen LogP contribution in [-0.2, 0) is 11.3 Å². The molecule has 1 atom stereocenters. The van der Waals surface area contributed by atoms with Crippen molar-refractivity contribution in [3.8, 4) is 0 Å². The van der Waals surface area contributed by atoms with Gasteiger partial charge >= 0.3 is 0 Å². The van der Waals surface area contributed by atoms with Gasteiger partial charge in [0.15, 0.2) is 0 Å². The van der Waals surface area contributed by atoms with E-state index in [0.717, 1.165) is 18.6 Å². The van der Waals surface area contributed by atoms with Crippen LogP contribution in [0.2, 0.25) is 0 Å². The summed E-state index contributed by atoms with van der Waals surface area (Å²) in [6.45, 7) is 2.88. The molecule has 0 spiro atoms. The Labute approximate surface area is 125 Å². The predicted molar refractivity (Wildman–Crippen MR) is 82.6 cm³/mol. The molecule has 1 amide bonds. The van der Waals surface area contributed by atoms with E-state index in [-0.39, 0.29) is 11.9 Å². The summed E-state index contributed by atoms with van der Waals surface area (Å²) >= 11 is 0. The molecule has 1 aromatic carbocycles. The first-order chi connectivity index (χ1) is 10.3. The molecule has 4 nitrogen and oxygen atoms in total. The lowest BCUT2D eigenvalue weighted by Crippen LogP contribution is -2.35. The number of carbonyl (C=O) groups is 1. The summed E-state index contributed by atoms with van der Waals surface area (Å²) in [7, 11) is 0. The number of amides is 1. The van der Waals surface area contributed by atoms with Crippen molar-refractivity contribution in [2.45, 2.75) is 32.4 Å². The van der Waals surface area contributed by atoms with Crippen LogP contribution < -0.4 is 10.6 Å². The molecule has 0 aliphatic heterocycles. The van der Waals surface area contributed by atoms with Gasteiger partial charge < -0.3 is 15.1 Å². The van der Waals surface area contributed by atoms with Crippen LogP contribution in [0.4, 0.5) is 0 Å². The molecule has 0 saturated heterocycles. The second kappa shape index (κ2) is 8.27. The van der Waals surface area contributed by atoms with E-state index in [4.69, 9.17) is 4.42 Å². The zero-order chi connectivity index (χ0) is 14.9. The summed E-state index contributed by atoms with van der Waals surface area (Å²) in [5, 5.41) is 6.16. The largest absolute Gasteiger partial charge is 0.467 e. The average Bonchev–Trinajstić information content (AvgIpc) is 3.03. The van der Waals surface area contributed by atoms with Crippen LogP contribution in [0.5, 0.6) is 0 Å². The maximum absolute atomic E-state index is 11.9. The molecule has 0 saturated carbocycles. The summed E-state index contributed by atoms with van der Waals surface area (Å²) in [6.07, 6.45) is 3.68.